The Hall–Kier alpha value is -2.97. The van der Waals surface area contributed by atoms with Crippen molar-refractivity contribution in [3.63, 3.8) is 0 Å². The van der Waals surface area contributed by atoms with E-state index in [9.17, 15) is 14.4 Å². The van der Waals surface area contributed by atoms with E-state index in [4.69, 9.17) is 4.74 Å². The number of anilines is 1. The third-order valence-corrected chi connectivity index (χ3v) is 5.64. The lowest BCUT2D eigenvalue weighted by Crippen LogP contribution is -2.24. The number of Topliss-reactive ketones (excluding diaryl/α,β-unsaturated/α-hetero) is 1. The summed E-state index contributed by atoms with van der Waals surface area (Å²) in [5.74, 6) is -0.104. The number of nitrogens with one attached hydrogen (secondary N) is 1. The number of amides is 1. The molecule has 1 N–H and O–H groups in total. The number of para-hydroxylation sites is 1. The second-order valence-electron chi connectivity index (χ2n) is 7.61. The van der Waals surface area contributed by atoms with Gasteiger partial charge in [0.2, 0.25) is 5.91 Å². The Morgan fingerprint density at radius 3 is 2.53 bits per heavy atom. The number of hydrogen-bond donors (Lipinski definition) is 1. The van der Waals surface area contributed by atoms with E-state index in [-0.39, 0.29) is 29.1 Å². The van der Waals surface area contributed by atoms with Crippen molar-refractivity contribution in [1.29, 1.82) is 0 Å². The van der Waals surface area contributed by atoms with Gasteiger partial charge in [-0.3, -0.25) is 19.0 Å². The topological polar surface area (TPSA) is 90.3 Å². The maximum Gasteiger partial charge on any atom is 0.262 e. The van der Waals surface area contributed by atoms with Crippen molar-refractivity contribution in [2.24, 2.45) is 0 Å². The summed E-state index contributed by atoms with van der Waals surface area (Å²) >= 11 is 1.25. The highest BCUT2D eigenvalue weighted by atomic mass is 32.2. The lowest BCUT2D eigenvalue weighted by atomic mass is 10.1. The van der Waals surface area contributed by atoms with E-state index in [1.165, 1.54) is 18.7 Å². The lowest BCUT2D eigenvalue weighted by Gasteiger charge is -2.14. The van der Waals surface area contributed by atoms with E-state index in [1.54, 1.807) is 41.0 Å². The van der Waals surface area contributed by atoms with Gasteiger partial charge < -0.3 is 10.1 Å². The number of aromatic nitrogens is 2. The first-order valence-corrected chi connectivity index (χ1v) is 11.5. The molecule has 0 radical (unpaired) electrons. The third-order valence-electron chi connectivity index (χ3n) is 4.66. The molecule has 0 aliphatic rings. The van der Waals surface area contributed by atoms with Crippen LogP contribution in [0.5, 0.6) is 0 Å². The van der Waals surface area contributed by atoms with Gasteiger partial charge in [-0.25, -0.2) is 4.98 Å². The smallest absolute Gasteiger partial charge is 0.262 e. The molecule has 1 heterocycles. The quantitative estimate of drug-likeness (QED) is 0.215. The average Bonchev–Trinajstić information content (AvgIpc) is 2.76. The monoisotopic (exact) mass is 453 g/mol. The predicted molar refractivity (Wildman–Crippen MR) is 128 cm³/mol. The van der Waals surface area contributed by atoms with Crippen molar-refractivity contribution in [2.75, 3.05) is 17.7 Å². The molecule has 0 saturated heterocycles. The van der Waals surface area contributed by atoms with E-state index < -0.39 is 0 Å². The van der Waals surface area contributed by atoms with Crippen LogP contribution in [0.1, 0.15) is 37.6 Å². The molecule has 1 aromatic heterocycles. The molecule has 2 aromatic carbocycles. The van der Waals surface area contributed by atoms with E-state index in [0.29, 0.717) is 46.9 Å². The van der Waals surface area contributed by atoms with Gasteiger partial charge in [-0.1, -0.05) is 23.9 Å². The molecular weight excluding hydrogens is 426 g/mol. The second kappa shape index (κ2) is 11.1. The molecule has 0 bridgehead atoms. The van der Waals surface area contributed by atoms with Crippen molar-refractivity contribution >= 4 is 40.0 Å². The highest BCUT2D eigenvalue weighted by Crippen LogP contribution is 2.20. The van der Waals surface area contributed by atoms with E-state index in [1.807, 2.05) is 26.0 Å². The number of thioether (sulfide) groups is 1. The zero-order valence-corrected chi connectivity index (χ0v) is 19.3. The number of ether oxygens (including phenoxy) is 1. The summed E-state index contributed by atoms with van der Waals surface area (Å²) in [6.45, 7) is 6.38. The lowest BCUT2D eigenvalue weighted by molar-refractivity contribution is -0.114. The Balaban J connectivity index is 1.77. The molecule has 3 aromatic rings. The predicted octanol–water partition coefficient (Wildman–Crippen LogP) is 4.15. The second-order valence-corrected chi connectivity index (χ2v) is 8.55. The van der Waals surface area contributed by atoms with E-state index >= 15 is 0 Å². The Morgan fingerprint density at radius 2 is 1.84 bits per heavy atom. The summed E-state index contributed by atoms with van der Waals surface area (Å²) in [6, 6.07) is 14.0. The minimum Gasteiger partial charge on any atom is -0.379 e. The molecule has 0 saturated carbocycles. The van der Waals surface area contributed by atoms with Crippen LogP contribution in [-0.4, -0.2) is 39.7 Å². The van der Waals surface area contributed by atoms with Crippen LogP contribution in [0.2, 0.25) is 0 Å². The number of carbonyl (C=O) groups excluding carboxylic acids is 2. The zero-order chi connectivity index (χ0) is 23.1. The summed E-state index contributed by atoms with van der Waals surface area (Å²) in [5.41, 5.74) is 1.67. The molecule has 1 amide bonds. The van der Waals surface area contributed by atoms with Crippen LogP contribution in [0.3, 0.4) is 0 Å². The summed E-state index contributed by atoms with van der Waals surface area (Å²) < 4.78 is 7.23. The molecule has 0 aliphatic heterocycles. The fourth-order valence-electron chi connectivity index (χ4n) is 3.15. The van der Waals surface area contributed by atoms with Gasteiger partial charge in [0, 0.05) is 31.3 Å². The fourth-order valence-corrected chi connectivity index (χ4v) is 4.07. The van der Waals surface area contributed by atoms with Crippen molar-refractivity contribution in [3.05, 3.63) is 64.4 Å². The summed E-state index contributed by atoms with van der Waals surface area (Å²) in [4.78, 5) is 41.6. The van der Waals surface area contributed by atoms with Crippen molar-refractivity contribution in [2.45, 2.75) is 45.0 Å². The fraction of sp³-hybridized carbons (Fsp3) is 0.333. The Labute approximate surface area is 191 Å². The minimum absolute atomic E-state index is 0.0820. The van der Waals surface area contributed by atoms with Gasteiger partial charge >= 0.3 is 0 Å². The van der Waals surface area contributed by atoms with Crippen LogP contribution in [0, 0.1) is 0 Å². The third kappa shape index (κ3) is 6.27. The van der Waals surface area contributed by atoms with Gasteiger partial charge in [0.15, 0.2) is 10.9 Å². The van der Waals surface area contributed by atoms with Crippen LogP contribution in [0.15, 0.2) is 58.5 Å². The van der Waals surface area contributed by atoms with Gasteiger partial charge in [-0.2, -0.15) is 0 Å². The van der Waals surface area contributed by atoms with Crippen LogP contribution in [0.25, 0.3) is 10.9 Å². The number of rotatable bonds is 10. The number of benzene rings is 2. The molecule has 0 unspecified atom stereocenters. The van der Waals surface area contributed by atoms with Gasteiger partial charge in [0.25, 0.3) is 5.56 Å². The number of ketones is 1. The molecule has 8 heteroatoms. The molecule has 32 heavy (non-hydrogen) atoms. The summed E-state index contributed by atoms with van der Waals surface area (Å²) in [5, 5.41) is 3.75. The molecule has 0 atom stereocenters. The van der Waals surface area contributed by atoms with Crippen molar-refractivity contribution < 1.29 is 14.3 Å². The Morgan fingerprint density at radius 1 is 1.12 bits per heavy atom. The van der Waals surface area contributed by atoms with Crippen LogP contribution >= 0.6 is 11.8 Å². The van der Waals surface area contributed by atoms with Crippen LogP contribution < -0.4 is 10.9 Å². The van der Waals surface area contributed by atoms with Crippen molar-refractivity contribution in [1.82, 2.24) is 9.55 Å². The van der Waals surface area contributed by atoms with Gasteiger partial charge in [-0.05, 0) is 56.7 Å². The SMILES string of the molecule is CC(=O)Nc1ccc(C(=O)CSc2nc3ccccc3c(=O)n2CCCOC(C)C)cc1. The number of nitrogens with zero attached hydrogens (tertiary/aromatic N) is 2. The highest BCUT2D eigenvalue weighted by Gasteiger charge is 2.14. The largest absolute Gasteiger partial charge is 0.379 e. The molecule has 0 fully saturated rings. The molecular formula is C24H27N3O4S. The summed E-state index contributed by atoms with van der Waals surface area (Å²) in [6.07, 6.45) is 0.800. The summed E-state index contributed by atoms with van der Waals surface area (Å²) in [7, 11) is 0. The van der Waals surface area contributed by atoms with Crippen LogP contribution in [0.4, 0.5) is 5.69 Å². The zero-order valence-electron chi connectivity index (χ0n) is 18.5. The van der Waals surface area contributed by atoms with Crippen molar-refractivity contribution in [3.8, 4) is 0 Å². The van der Waals surface area contributed by atoms with Crippen LogP contribution in [-0.2, 0) is 16.1 Å². The Bertz CT molecular complexity index is 1160. The number of carbonyl (C=O) groups is 2. The number of fused-ring (bicyclic) bond motifs is 1. The molecule has 3 rings (SSSR count). The highest BCUT2D eigenvalue weighted by molar-refractivity contribution is 7.99. The Kier molecular flexibility index (Phi) is 8.19. The minimum atomic E-state index is -0.168. The molecule has 7 nitrogen and oxygen atoms in total. The standard InChI is InChI=1S/C24H27N3O4S/c1-16(2)31-14-6-13-27-23(30)20-7-4-5-8-21(20)26-24(27)32-15-22(29)18-9-11-19(12-10-18)25-17(3)28/h4-5,7-12,16H,6,13-15H2,1-3H3,(H,25,28). The maximum atomic E-state index is 13.1. The van der Waals surface area contributed by atoms with E-state index in [2.05, 4.69) is 10.3 Å². The number of hydrogen-bond acceptors (Lipinski definition) is 6. The first-order valence-electron chi connectivity index (χ1n) is 10.5. The van der Waals surface area contributed by atoms with Gasteiger partial charge in [0.1, 0.15) is 0 Å². The van der Waals surface area contributed by atoms with Gasteiger partial charge in [0.05, 0.1) is 22.8 Å². The van der Waals surface area contributed by atoms with E-state index in [0.717, 1.165) is 0 Å². The van der Waals surface area contributed by atoms with Gasteiger partial charge in [-0.15, -0.1) is 0 Å². The first kappa shape index (κ1) is 23.7. The normalized spacial score (nSPS) is 11.1. The molecule has 0 spiro atoms. The first-order chi connectivity index (χ1) is 15.3. The average molecular weight is 454 g/mol. The molecule has 0 aliphatic carbocycles. The maximum absolute atomic E-state index is 13.1. The molecule has 168 valence electrons.